The van der Waals surface area contributed by atoms with Crippen LogP contribution in [0.1, 0.15) is 63.2 Å². The lowest BCUT2D eigenvalue weighted by Crippen LogP contribution is -2.33. The fraction of sp³-hybridized carbons (Fsp3) is 0.524. The number of hydrogen-bond acceptors (Lipinski definition) is 5. The summed E-state index contributed by atoms with van der Waals surface area (Å²) in [6, 6.07) is 4.52. The van der Waals surface area contributed by atoms with Crippen LogP contribution in [0, 0.1) is 0 Å². The number of hydrogen-bond donors (Lipinski definition) is 4. The second kappa shape index (κ2) is 12.8. The molecule has 0 aliphatic rings. The average Bonchev–Trinajstić information content (AvgIpc) is 2.64. The Morgan fingerprint density at radius 1 is 1.00 bits per heavy atom. The van der Waals surface area contributed by atoms with Crippen LogP contribution >= 0.6 is 11.6 Å². The van der Waals surface area contributed by atoms with Crippen molar-refractivity contribution in [3.8, 4) is 0 Å². The number of ether oxygens (including phenoxy) is 1. The minimum atomic E-state index is -1.02. The molecule has 1 aromatic carbocycles. The molecular formula is C21H30ClN3O6. The predicted octanol–water partition coefficient (Wildman–Crippen LogP) is 3.57. The molecule has 10 heteroatoms. The van der Waals surface area contributed by atoms with Crippen LogP contribution in [0.15, 0.2) is 18.2 Å². The summed E-state index contributed by atoms with van der Waals surface area (Å²) < 4.78 is 5.14. The maximum Gasteiger partial charge on any atom is 0.407 e. The van der Waals surface area contributed by atoms with Crippen molar-refractivity contribution in [1.82, 2.24) is 10.6 Å². The number of amides is 3. The van der Waals surface area contributed by atoms with Crippen LogP contribution in [0.4, 0.5) is 10.5 Å². The average molecular weight is 456 g/mol. The van der Waals surface area contributed by atoms with Crippen molar-refractivity contribution < 1.29 is 29.0 Å². The van der Waals surface area contributed by atoms with Crippen molar-refractivity contribution in [3.05, 3.63) is 28.8 Å². The van der Waals surface area contributed by atoms with Crippen LogP contribution in [0.3, 0.4) is 0 Å². The number of carbonyl (C=O) groups excluding carboxylic acids is 3. The first-order chi connectivity index (χ1) is 14.5. The number of nitrogens with one attached hydrogen (secondary N) is 3. The standard InChI is InChI=1S/C21H30ClN3O6/c1-21(2,3)31-20(30)24-11-6-4-5-7-17(26)25-14-8-9-16(22)15(13-14)19(29)23-12-10-18(27)28/h8-9,13H,4-7,10-12H2,1-3H3,(H,23,29)(H,24,30)(H,25,26)(H,27,28). The third-order valence-corrected chi connectivity index (χ3v) is 4.20. The van der Waals surface area contributed by atoms with Crippen LogP contribution in [0.2, 0.25) is 5.02 Å². The van der Waals surface area contributed by atoms with E-state index in [4.69, 9.17) is 21.4 Å². The Kier molecular flexibility index (Phi) is 10.8. The Morgan fingerprint density at radius 2 is 1.71 bits per heavy atom. The molecule has 31 heavy (non-hydrogen) atoms. The van der Waals surface area contributed by atoms with Gasteiger partial charge in [0.25, 0.3) is 5.91 Å². The van der Waals surface area contributed by atoms with E-state index in [1.807, 2.05) is 0 Å². The summed E-state index contributed by atoms with van der Waals surface area (Å²) in [5.41, 5.74) is 0.0329. The fourth-order valence-corrected chi connectivity index (χ4v) is 2.67. The Hall–Kier alpha value is -2.81. The molecule has 9 nitrogen and oxygen atoms in total. The zero-order valence-electron chi connectivity index (χ0n) is 18.0. The Morgan fingerprint density at radius 3 is 2.35 bits per heavy atom. The second-order valence-electron chi connectivity index (χ2n) is 7.88. The SMILES string of the molecule is CC(C)(C)OC(=O)NCCCCCC(=O)Nc1ccc(Cl)c(C(=O)NCCC(=O)O)c1. The molecule has 0 aliphatic carbocycles. The monoisotopic (exact) mass is 455 g/mol. The van der Waals surface area contributed by atoms with Gasteiger partial charge in [0.2, 0.25) is 5.91 Å². The van der Waals surface area contributed by atoms with E-state index in [-0.39, 0.29) is 35.9 Å². The number of unbranched alkanes of at least 4 members (excludes halogenated alkanes) is 2. The Balaban J connectivity index is 2.36. The van der Waals surface area contributed by atoms with E-state index in [1.165, 1.54) is 12.1 Å². The van der Waals surface area contributed by atoms with Gasteiger partial charge in [0.15, 0.2) is 0 Å². The molecule has 0 heterocycles. The highest BCUT2D eigenvalue weighted by Crippen LogP contribution is 2.21. The predicted molar refractivity (Wildman–Crippen MR) is 117 cm³/mol. The van der Waals surface area contributed by atoms with E-state index in [0.29, 0.717) is 25.1 Å². The van der Waals surface area contributed by atoms with Gasteiger partial charge in [-0.15, -0.1) is 0 Å². The number of halogens is 1. The van der Waals surface area contributed by atoms with Gasteiger partial charge < -0.3 is 25.8 Å². The van der Waals surface area contributed by atoms with E-state index in [0.717, 1.165) is 6.42 Å². The van der Waals surface area contributed by atoms with Gasteiger partial charge in [-0.25, -0.2) is 4.79 Å². The Labute approximate surface area is 186 Å². The second-order valence-corrected chi connectivity index (χ2v) is 8.29. The van der Waals surface area contributed by atoms with E-state index in [2.05, 4.69) is 16.0 Å². The molecule has 0 aromatic heterocycles. The van der Waals surface area contributed by atoms with Gasteiger partial charge in [0, 0.05) is 25.2 Å². The molecule has 1 aromatic rings. The van der Waals surface area contributed by atoms with Crippen molar-refractivity contribution in [3.63, 3.8) is 0 Å². The molecule has 0 fully saturated rings. The van der Waals surface area contributed by atoms with E-state index in [9.17, 15) is 19.2 Å². The van der Waals surface area contributed by atoms with Crippen molar-refractivity contribution >= 4 is 41.2 Å². The van der Waals surface area contributed by atoms with Gasteiger partial charge in [-0.1, -0.05) is 18.0 Å². The molecule has 0 bridgehead atoms. The zero-order valence-corrected chi connectivity index (χ0v) is 18.8. The number of carbonyl (C=O) groups is 4. The first kappa shape index (κ1) is 26.2. The van der Waals surface area contributed by atoms with Gasteiger partial charge in [-0.2, -0.15) is 0 Å². The molecule has 172 valence electrons. The highest BCUT2D eigenvalue weighted by Gasteiger charge is 2.15. The maximum absolute atomic E-state index is 12.1. The third kappa shape index (κ3) is 11.8. The molecule has 3 amide bonds. The third-order valence-electron chi connectivity index (χ3n) is 3.87. The largest absolute Gasteiger partial charge is 0.481 e. The molecule has 0 saturated heterocycles. The molecule has 0 saturated carbocycles. The molecule has 0 atom stereocenters. The smallest absolute Gasteiger partial charge is 0.407 e. The van der Waals surface area contributed by atoms with E-state index < -0.39 is 23.6 Å². The molecule has 0 aliphatic heterocycles. The topological polar surface area (TPSA) is 134 Å². The number of aliphatic carboxylic acids is 1. The lowest BCUT2D eigenvalue weighted by atomic mass is 10.1. The van der Waals surface area contributed by atoms with Crippen LogP contribution in [-0.2, 0) is 14.3 Å². The van der Waals surface area contributed by atoms with Crippen LogP contribution in [-0.4, -0.2) is 47.7 Å². The summed E-state index contributed by atoms with van der Waals surface area (Å²) in [6.45, 7) is 5.82. The van der Waals surface area contributed by atoms with E-state index in [1.54, 1.807) is 26.8 Å². The highest BCUT2D eigenvalue weighted by molar-refractivity contribution is 6.34. The minimum absolute atomic E-state index is 0.0239. The molecular weight excluding hydrogens is 426 g/mol. The van der Waals surface area contributed by atoms with Gasteiger partial charge in [0.1, 0.15) is 5.60 Å². The van der Waals surface area contributed by atoms with Gasteiger partial charge in [0.05, 0.1) is 17.0 Å². The molecule has 0 unspecified atom stereocenters. The first-order valence-electron chi connectivity index (χ1n) is 10.0. The summed E-state index contributed by atoms with van der Waals surface area (Å²) in [5, 5.41) is 16.7. The first-order valence-corrected chi connectivity index (χ1v) is 10.4. The summed E-state index contributed by atoms with van der Waals surface area (Å²) in [6.07, 6.45) is 1.73. The molecule has 0 spiro atoms. The normalized spacial score (nSPS) is 10.8. The number of anilines is 1. The highest BCUT2D eigenvalue weighted by atomic mass is 35.5. The maximum atomic E-state index is 12.1. The number of carboxylic acids is 1. The fourth-order valence-electron chi connectivity index (χ4n) is 2.47. The lowest BCUT2D eigenvalue weighted by molar-refractivity contribution is -0.136. The molecule has 4 N–H and O–H groups in total. The summed E-state index contributed by atoms with van der Waals surface area (Å²) in [4.78, 5) is 46.3. The zero-order chi connectivity index (χ0) is 23.4. The quantitative estimate of drug-likeness (QED) is 0.377. The van der Waals surface area contributed by atoms with Gasteiger partial charge >= 0.3 is 12.1 Å². The molecule has 0 radical (unpaired) electrons. The van der Waals surface area contributed by atoms with Crippen molar-refractivity contribution in [2.75, 3.05) is 18.4 Å². The number of alkyl carbamates (subject to hydrolysis) is 1. The minimum Gasteiger partial charge on any atom is -0.481 e. The number of rotatable bonds is 11. The summed E-state index contributed by atoms with van der Waals surface area (Å²) in [5.74, 6) is -1.74. The van der Waals surface area contributed by atoms with Crippen molar-refractivity contribution in [2.45, 2.75) is 58.5 Å². The van der Waals surface area contributed by atoms with Gasteiger partial charge in [-0.05, 0) is 51.8 Å². The Bertz CT molecular complexity index is 792. The number of benzene rings is 1. The molecule has 1 rings (SSSR count). The summed E-state index contributed by atoms with van der Waals surface area (Å²) >= 11 is 6.03. The number of carboxylic acid groups (broad SMARTS) is 1. The van der Waals surface area contributed by atoms with Crippen LogP contribution in [0.5, 0.6) is 0 Å². The van der Waals surface area contributed by atoms with Crippen molar-refractivity contribution in [2.24, 2.45) is 0 Å². The van der Waals surface area contributed by atoms with Crippen LogP contribution < -0.4 is 16.0 Å². The van der Waals surface area contributed by atoms with Crippen LogP contribution in [0.25, 0.3) is 0 Å². The van der Waals surface area contributed by atoms with Gasteiger partial charge in [-0.3, -0.25) is 14.4 Å². The van der Waals surface area contributed by atoms with E-state index >= 15 is 0 Å². The lowest BCUT2D eigenvalue weighted by Gasteiger charge is -2.19. The summed E-state index contributed by atoms with van der Waals surface area (Å²) in [7, 11) is 0. The van der Waals surface area contributed by atoms with Crippen molar-refractivity contribution in [1.29, 1.82) is 0 Å².